The number of allylic oxidation sites excluding steroid dienone is 1. The Hall–Kier alpha value is -2.32. The Morgan fingerprint density at radius 1 is 1.36 bits per heavy atom. The van der Waals surface area contributed by atoms with Crippen LogP contribution in [0.15, 0.2) is 22.7 Å². The molecule has 0 aliphatic carbocycles. The smallest absolute Gasteiger partial charge is 0.336 e. The zero-order valence-electron chi connectivity index (χ0n) is 14.1. The third-order valence-electron chi connectivity index (χ3n) is 4.15. The van der Waals surface area contributed by atoms with E-state index in [9.17, 15) is 9.59 Å². The van der Waals surface area contributed by atoms with Crippen LogP contribution in [0.5, 0.6) is 0 Å². The highest BCUT2D eigenvalue weighted by Gasteiger charge is 2.38. The van der Waals surface area contributed by atoms with Gasteiger partial charge in [-0.15, -0.1) is 22.7 Å². The summed E-state index contributed by atoms with van der Waals surface area (Å²) >= 11 is 2.77. The molecule has 25 heavy (non-hydrogen) atoms. The number of carbonyl (C=O) groups is 2. The van der Waals surface area contributed by atoms with Gasteiger partial charge in [-0.1, -0.05) is 0 Å². The van der Waals surface area contributed by atoms with Crippen molar-refractivity contribution < 1.29 is 14.3 Å². The second-order valence-electron chi connectivity index (χ2n) is 5.74. The van der Waals surface area contributed by atoms with E-state index in [0.717, 1.165) is 21.0 Å². The van der Waals surface area contributed by atoms with E-state index in [1.54, 1.807) is 18.3 Å². The molecule has 6 nitrogen and oxygen atoms in total. The number of primary amides is 1. The number of esters is 1. The van der Waals surface area contributed by atoms with Crippen molar-refractivity contribution in [2.45, 2.75) is 26.7 Å². The lowest BCUT2D eigenvalue weighted by atomic mass is 9.85. The number of amides is 1. The fourth-order valence-corrected chi connectivity index (χ4v) is 5.15. The maximum Gasteiger partial charge on any atom is 0.336 e. The molecule has 1 unspecified atom stereocenters. The zero-order chi connectivity index (χ0) is 18.3. The first-order valence-electron chi connectivity index (χ1n) is 7.77. The first-order chi connectivity index (χ1) is 11.9. The molecule has 0 saturated heterocycles. The number of nitrogens with one attached hydrogen (secondary N) is 1. The summed E-state index contributed by atoms with van der Waals surface area (Å²) in [5.41, 5.74) is 15.0. The average Bonchev–Trinajstić information content (AvgIpc) is 3.10. The second kappa shape index (κ2) is 6.53. The third-order valence-corrected chi connectivity index (χ3v) is 6.38. The van der Waals surface area contributed by atoms with Crippen molar-refractivity contribution in [2.24, 2.45) is 5.73 Å². The quantitative estimate of drug-likeness (QED) is 0.709. The van der Waals surface area contributed by atoms with E-state index in [1.165, 1.54) is 11.3 Å². The summed E-state index contributed by atoms with van der Waals surface area (Å²) in [6, 6.07) is 2.00. The van der Waals surface area contributed by atoms with Gasteiger partial charge in [-0.05, 0) is 37.8 Å². The van der Waals surface area contributed by atoms with E-state index >= 15 is 0 Å². The van der Waals surface area contributed by atoms with Gasteiger partial charge in [-0.3, -0.25) is 4.79 Å². The minimum atomic E-state index is -0.573. The summed E-state index contributed by atoms with van der Waals surface area (Å²) in [4.78, 5) is 25.7. The van der Waals surface area contributed by atoms with Gasteiger partial charge in [0.25, 0.3) is 5.91 Å². The number of ether oxygens (including phenoxy) is 1. The maximum atomic E-state index is 12.6. The average molecular weight is 377 g/mol. The molecule has 5 N–H and O–H groups in total. The van der Waals surface area contributed by atoms with Gasteiger partial charge in [-0.25, -0.2) is 4.79 Å². The molecule has 1 aliphatic heterocycles. The van der Waals surface area contributed by atoms with Crippen molar-refractivity contribution in [3.63, 3.8) is 0 Å². The van der Waals surface area contributed by atoms with Crippen LogP contribution >= 0.6 is 22.7 Å². The van der Waals surface area contributed by atoms with Crippen LogP contribution < -0.4 is 16.8 Å². The minimum absolute atomic E-state index is 0.282. The number of anilines is 2. The second-order valence-corrected chi connectivity index (χ2v) is 7.71. The topological polar surface area (TPSA) is 107 Å². The number of nitrogens with two attached hydrogens (primary N) is 2. The fourth-order valence-electron chi connectivity index (χ4n) is 3.04. The molecule has 8 heteroatoms. The Morgan fingerprint density at radius 2 is 2.08 bits per heavy atom. The largest absolute Gasteiger partial charge is 0.463 e. The third kappa shape index (κ3) is 2.81. The van der Waals surface area contributed by atoms with Crippen molar-refractivity contribution in [1.29, 1.82) is 0 Å². The minimum Gasteiger partial charge on any atom is -0.463 e. The molecule has 0 spiro atoms. The highest BCUT2D eigenvalue weighted by Crippen LogP contribution is 2.51. The van der Waals surface area contributed by atoms with Crippen molar-refractivity contribution in [3.05, 3.63) is 43.6 Å². The first-order valence-corrected chi connectivity index (χ1v) is 9.47. The van der Waals surface area contributed by atoms with Crippen molar-refractivity contribution in [2.75, 3.05) is 17.7 Å². The Labute approximate surface area is 153 Å². The van der Waals surface area contributed by atoms with E-state index in [0.29, 0.717) is 21.8 Å². The van der Waals surface area contributed by atoms with Crippen molar-refractivity contribution in [3.8, 4) is 0 Å². The number of fused-ring (bicyclic) bond motifs is 1. The Balaban J connectivity index is 2.26. The number of hydrogen-bond acceptors (Lipinski definition) is 7. The molecule has 0 bridgehead atoms. The molecule has 1 atom stereocenters. The van der Waals surface area contributed by atoms with E-state index in [-0.39, 0.29) is 18.5 Å². The molecule has 0 aromatic carbocycles. The number of rotatable bonds is 4. The number of carbonyl (C=O) groups excluding carboxylic acids is 2. The number of aryl methyl sites for hydroxylation is 1. The molecule has 0 fully saturated rings. The van der Waals surface area contributed by atoms with Gasteiger partial charge >= 0.3 is 5.97 Å². The van der Waals surface area contributed by atoms with Crippen LogP contribution in [0.1, 0.15) is 45.4 Å². The van der Waals surface area contributed by atoms with Crippen molar-refractivity contribution >= 4 is 45.2 Å². The van der Waals surface area contributed by atoms with Crippen LogP contribution in [0.25, 0.3) is 0 Å². The van der Waals surface area contributed by atoms with Crippen LogP contribution in [0.3, 0.4) is 0 Å². The lowest BCUT2D eigenvalue weighted by molar-refractivity contribution is -0.138. The Kier molecular flexibility index (Phi) is 4.57. The molecule has 0 radical (unpaired) electrons. The molecule has 0 saturated carbocycles. The molecule has 1 aliphatic rings. The molecular weight excluding hydrogens is 358 g/mol. The summed E-state index contributed by atoms with van der Waals surface area (Å²) in [5, 5.41) is 5.91. The van der Waals surface area contributed by atoms with E-state index in [2.05, 4.69) is 5.32 Å². The van der Waals surface area contributed by atoms with Crippen LogP contribution in [0, 0.1) is 6.92 Å². The summed E-state index contributed by atoms with van der Waals surface area (Å²) in [5.74, 6) is -1.34. The maximum absolute atomic E-state index is 12.6. The van der Waals surface area contributed by atoms with E-state index in [1.807, 2.05) is 25.3 Å². The number of nitrogen functional groups attached to an aromatic ring is 1. The number of hydrogen-bond donors (Lipinski definition) is 3. The standard InChI is InChI=1S/C17H19N3O3S2/c1-4-23-17(22)9-8(3)20-16-11(12(18)14(25-16)15(19)21)10(9)13-7(2)5-6-24-13/h5-6,10,20H,4,18H2,1-3H3,(H2,19,21). The zero-order valence-corrected chi connectivity index (χ0v) is 15.8. The fraction of sp³-hybridized carbons (Fsp3) is 0.294. The van der Waals surface area contributed by atoms with Gasteiger partial charge in [0.15, 0.2) is 0 Å². The van der Waals surface area contributed by atoms with Crippen LogP contribution in [0.4, 0.5) is 10.7 Å². The van der Waals surface area contributed by atoms with Crippen LogP contribution in [-0.4, -0.2) is 18.5 Å². The molecule has 1 amide bonds. The number of thiophene rings is 2. The van der Waals surface area contributed by atoms with Crippen LogP contribution in [0.2, 0.25) is 0 Å². The monoisotopic (exact) mass is 377 g/mol. The van der Waals surface area contributed by atoms with E-state index in [4.69, 9.17) is 16.2 Å². The highest BCUT2D eigenvalue weighted by atomic mass is 32.1. The van der Waals surface area contributed by atoms with Gasteiger partial charge in [0, 0.05) is 16.1 Å². The van der Waals surface area contributed by atoms with Crippen molar-refractivity contribution in [1.82, 2.24) is 0 Å². The van der Waals surface area contributed by atoms with Crippen LogP contribution in [-0.2, 0) is 9.53 Å². The summed E-state index contributed by atoms with van der Waals surface area (Å²) < 4.78 is 5.27. The normalized spacial score (nSPS) is 16.4. The predicted octanol–water partition coefficient (Wildman–Crippen LogP) is 3.19. The highest BCUT2D eigenvalue weighted by molar-refractivity contribution is 7.19. The lowest BCUT2D eigenvalue weighted by Gasteiger charge is -2.28. The predicted molar refractivity (Wildman–Crippen MR) is 101 cm³/mol. The van der Waals surface area contributed by atoms with Gasteiger partial charge in [0.05, 0.1) is 28.8 Å². The molecular formula is C17H19N3O3S2. The summed E-state index contributed by atoms with van der Waals surface area (Å²) in [6.07, 6.45) is 0. The first kappa shape index (κ1) is 17.5. The van der Waals surface area contributed by atoms with Gasteiger partial charge in [0.2, 0.25) is 0 Å². The van der Waals surface area contributed by atoms with E-state index < -0.39 is 5.91 Å². The Bertz CT molecular complexity index is 895. The SMILES string of the molecule is CCOC(=O)C1=C(C)Nc2sc(C(N)=O)c(N)c2C1c1sccc1C. The molecule has 3 heterocycles. The van der Waals surface area contributed by atoms with Gasteiger partial charge in [0.1, 0.15) is 4.88 Å². The Morgan fingerprint density at radius 3 is 2.64 bits per heavy atom. The molecule has 2 aromatic rings. The van der Waals surface area contributed by atoms with Gasteiger partial charge in [-0.2, -0.15) is 0 Å². The molecule has 3 rings (SSSR count). The summed E-state index contributed by atoms with van der Waals surface area (Å²) in [6.45, 7) is 5.86. The lowest BCUT2D eigenvalue weighted by Crippen LogP contribution is -2.24. The molecule has 132 valence electrons. The summed E-state index contributed by atoms with van der Waals surface area (Å²) in [7, 11) is 0. The molecule has 2 aromatic heterocycles. The van der Waals surface area contributed by atoms with Gasteiger partial charge < -0.3 is 21.5 Å².